The fourth-order valence-corrected chi connectivity index (χ4v) is 1.66. The van der Waals surface area contributed by atoms with Crippen LogP contribution in [0.25, 0.3) is 0 Å². The third kappa shape index (κ3) is 5.47. The highest BCUT2D eigenvalue weighted by atomic mass is 16.5. The summed E-state index contributed by atoms with van der Waals surface area (Å²) in [6.45, 7) is 2.24. The summed E-state index contributed by atoms with van der Waals surface area (Å²) in [4.78, 5) is 13.5. The summed E-state index contributed by atoms with van der Waals surface area (Å²) in [5, 5.41) is 3.19. The van der Waals surface area contributed by atoms with Gasteiger partial charge in [0.25, 0.3) is 0 Å². The number of methoxy groups -OCH3 is 1. The van der Waals surface area contributed by atoms with E-state index in [2.05, 4.69) is 5.32 Å². The van der Waals surface area contributed by atoms with Gasteiger partial charge in [0.05, 0.1) is 6.54 Å². The fourth-order valence-electron chi connectivity index (χ4n) is 1.66. The number of ether oxygens (including phenoxy) is 1. The number of amides is 1. The van der Waals surface area contributed by atoms with Crippen molar-refractivity contribution >= 4 is 5.91 Å². The van der Waals surface area contributed by atoms with E-state index in [1.165, 1.54) is 12.8 Å². The molecule has 0 unspecified atom stereocenters. The monoisotopic (exact) mass is 228 g/mol. The van der Waals surface area contributed by atoms with Crippen molar-refractivity contribution in [1.82, 2.24) is 10.2 Å². The van der Waals surface area contributed by atoms with E-state index in [9.17, 15) is 4.79 Å². The van der Waals surface area contributed by atoms with Crippen LogP contribution in [-0.2, 0) is 9.53 Å². The zero-order chi connectivity index (χ0) is 11.8. The number of rotatable bonds is 9. The number of carbonyl (C=O) groups is 1. The number of likely N-dealkylation sites (N-methyl/N-ethyl adjacent to an activating group) is 1. The van der Waals surface area contributed by atoms with Gasteiger partial charge in [-0.15, -0.1) is 0 Å². The van der Waals surface area contributed by atoms with Crippen molar-refractivity contribution in [3.8, 4) is 0 Å². The predicted molar refractivity (Wildman–Crippen MR) is 64.4 cm³/mol. The van der Waals surface area contributed by atoms with Crippen LogP contribution in [0.5, 0.6) is 0 Å². The molecule has 1 amide bonds. The minimum atomic E-state index is 0.222. The van der Waals surface area contributed by atoms with Crippen LogP contribution in [0.15, 0.2) is 0 Å². The van der Waals surface area contributed by atoms with Crippen LogP contribution >= 0.6 is 0 Å². The van der Waals surface area contributed by atoms with Crippen LogP contribution in [0.3, 0.4) is 0 Å². The first kappa shape index (κ1) is 13.5. The molecule has 0 spiro atoms. The van der Waals surface area contributed by atoms with Crippen molar-refractivity contribution < 1.29 is 9.53 Å². The molecule has 1 N–H and O–H groups in total. The summed E-state index contributed by atoms with van der Waals surface area (Å²) in [6.07, 6.45) is 5.74. The fraction of sp³-hybridized carbons (Fsp3) is 0.917. The summed E-state index contributed by atoms with van der Waals surface area (Å²) in [5.41, 5.74) is 0. The first-order valence-electron chi connectivity index (χ1n) is 6.21. The van der Waals surface area contributed by atoms with Gasteiger partial charge in [-0.1, -0.05) is 0 Å². The van der Waals surface area contributed by atoms with Crippen LogP contribution in [0.4, 0.5) is 0 Å². The zero-order valence-electron chi connectivity index (χ0n) is 10.5. The van der Waals surface area contributed by atoms with Crippen molar-refractivity contribution in [2.45, 2.75) is 38.1 Å². The van der Waals surface area contributed by atoms with Gasteiger partial charge in [0.2, 0.25) is 5.91 Å². The topological polar surface area (TPSA) is 41.6 Å². The van der Waals surface area contributed by atoms with Crippen LogP contribution in [0.2, 0.25) is 0 Å². The highest BCUT2D eigenvalue weighted by Gasteiger charge is 2.28. The van der Waals surface area contributed by atoms with E-state index >= 15 is 0 Å². The summed E-state index contributed by atoms with van der Waals surface area (Å²) >= 11 is 0. The second-order valence-corrected chi connectivity index (χ2v) is 4.47. The maximum atomic E-state index is 11.6. The molecule has 0 heterocycles. The van der Waals surface area contributed by atoms with Crippen LogP contribution in [0.1, 0.15) is 32.1 Å². The van der Waals surface area contributed by atoms with Gasteiger partial charge in [0.15, 0.2) is 0 Å². The molecule has 0 aliphatic heterocycles. The van der Waals surface area contributed by atoms with Gasteiger partial charge in [-0.2, -0.15) is 0 Å². The molecule has 4 nitrogen and oxygen atoms in total. The first-order valence-corrected chi connectivity index (χ1v) is 6.21. The second-order valence-electron chi connectivity index (χ2n) is 4.47. The molecule has 0 radical (unpaired) electrons. The number of carbonyl (C=O) groups excluding carboxylic acids is 1. The third-order valence-corrected chi connectivity index (χ3v) is 2.97. The average Bonchev–Trinajstić information content (AvgIpc) is 3.10. The molecule has 0 atom stereocenters. The Morgan fingerprint density at radius 3 is 2.75 bits per heavy atom. The van der Waals surface area contributed by atoms with E-state index in [0.717, 1.165) is 32.4 Å². The Bertz CT molecular complexity index is 205. The highest BCUT2D eigenvalue weighted by molar-refractivity contribution is 5.78. The molecule has 0 aromatic rings. The molecule has 4 heteroatoms. The molecule has 1 rings (SSSR count). The van der Waals surface area contributed by atoms with Gasteiger partial charge >= 0.3 is 0 Å². The average molecular weight is 228 g/mol. The Hall–Kier alpha value is -0.610. The molecule has 1 saturated carbocycles. The molecule has 1 aliphatic rings. The number of nitrogens with one attached hydrogen (secondary N) is 1. The zero-order valence-corrected chi connectivity index (χ0v) is 10.5. The van der Waals surface area contributed by atoms with Crippen molar-refractivity contribution in [3.63, 3.8) is 0 Å². The molecular weight excluding hydrogens is 204 g/mol. The minimum Gasteiger partial charge on any atom is -0.385 e. The normalized spacial score (nSPS) is 15.1. The molecule has 94 valence electrons. The van der Waals surface area contributed by atoms with Crippen molar-refractivity contribution in [1.29, 1.82) is 0 Å². The van der Waals surface area contributed by atoms with Crippen LogP contribution < -0.4 is 5.32 Å². The van der Waals surface area contributed by atoms with Gasteiger partial charge in [0, 0.05) is 26.8 Å². The van der Waals surface area contributed by atoms with E-state index in [1.807, 2.05) is 11.9 Å². The Morgan fingerprint density at radius 1 is 1.38 bits per heavy atom. The highest BCUT2D eigenvalue weighted by Crippen LogP contribution is 2.24. The van der Waals surface area contributed by atoms with Crippen molar-refractivity contribution in [2.75, 3.05) is 33.9 Å². The maximum absolute atomic E-state index is 11.6. The lowest BCUT2D eigenvalue weighted by atomic mass is 10.2. The Morgan fingerprint density at radius 2 is 2.12 bits per heavy atom. The second kappa shape index (κ2) is 7.63. The summed E-state index contributed by atoms with van der Waals surface area (Å²) in [6, 6.07) is 0.524. The number of unbranched alkanes of at least 4 members (excludes halogenated alkanes) is 2. The van der Waals surface area contributed by atoms with E-state index in [-0.39, 0.29) is 5.91 Å². The smallest absolute Gasteiger partial charge is 0.236 e. The van der Waals surface area contributed by atoms with E-state index in [1.54, 1.807) is 7.11 Å². The lowest BCUT2D eigenvalue weighted by molar-refractivity contribution is -0.129. The quantitative estimate of drug-likeness (QED) is 0.599. The number of hydrogen-bond donors (Lipinski definition) is 1. The van der Waals surface area contributed by atoms with E-state index in [0.29, 0.717) is 12.6 Å². The summed E-state index contributed by atoms with van der Waals surface area (Å²) in [5.74, 6) is 0.222. The van der Waals surface area contributed by atoms with E-state index in [4.69, 9.17) is 4.74 Å². The van der Waals surface area contributed by atoms with Crippen LogP contribution in [0, 0.1) is 0 Å². The van der Waals surface area contributed by atoms with Crippen LogP contribution in [-0.4, -0.2) is 50.7 Å². The molecule has 1 fully saturated rings. The molecule has 0 aromatic carbocycles. The lowest BCUT2D eigenvalue weighted by Crippen LogP contribution is -2.37. The molecule has 1 aliphatic carbocycles. The minimum absolute atomic E-state index is 0.222. The van der Waals surface area contributed by atoms with Gasteiger partial charge in [-0.25, -0.2) is 0 Å². The van der Waals surface area contributed by atoms with E-state index < -0.39 is 0 Å². The molecule has 0 aromatic heterocycles. The van der Waals surface area contributed by atoms with Gasteiger partial charge < -0.3 is 15.0 Å². The van der Waals surface area contributed by atoms with Gasteiger partial charge in [-0.05, 0) is 38.6 Å². The largest absolute Gasteiger partial charge is 0.385 e. The Balaban J connectivity index is 1.88. The van der Waals surface area contributed by atoms with Gasteiger partial charge in [0.1, 0.15) is 0 Å². The summed E-state index contributed by atoms with van der Waals surface area (Å²) in [7, 11) is 3.63. The standard InChI is InChI=1S/C12H24N2O2/c1-14(11-6-7-11)12(15)10-13-8-4-3-5-9-16-2/h11,13H,3-10H2,1-2H3. The molecule has 0 bridgehead atoms. The maximum Gasteiger partial charge on any atom is 0.236 e. The predicted octanol–water partition coefficient (Wildman–Crippen LogP) is 1.01. The number of hydrogen-bond acceptors (Lipinski definition) is 3. The van der Waals surface area contributed by atoms with Crippen molar-refractivity contribution in [3.05, 3.63) is 0 Å². The molecule has 0 saturated heterocycles. The number of nitrogens with zero attached hydrogens (tertiary/aromatic N) is 1. The first-order chi connectivity index (χ1) is 7.75. The molecular formula is C12H24N2O2. The van der Waals surface area contributed by atoms with Gasteiger partial charge in [-0.3, -0.25) is 4.79 Å². The lowest BCUT2D eigenvalue weighted by Gasteiger charge is -2.16. The third-order valence-electron chi connectivity index (χ3n) is 2.97. The molecule has 16 heavy (non-hydrogen) atoms. The summed E-state index contributed by atoms with van der Waals surface area (Å²) < 4.78 is 4.97. The SMILES string of the molecule is COCCCCCNCC(=O)N(C)C1CC1. The Labute approximate surface area is 98.3 Å². The van der Waals surface area contributed by atoms with Crippen molar-refractivity contribution in [2.24, 2.45) is 0 Å². The Kier molecular flexibility index (Phi) is 6.42.